The minimum absolute atomic E-state index is 0.215. The van der Waals surface area contributed by atoms with Gasteiger partial charge in [-0.2, -0.15) is 0 Å². The van der Waals surface area contributed by atoms with Crippen LogP contribution in [0.15, 0.2) is 16.5 Å². The predicted octanol–water partition coefficient (Wildman–Crippen LogP) is 2.66. The quantitative estimate of drug-likeness (QED) is 0.728. The van der Waals surface area contributed by atoms with Crippen molar-refractivity contribution in [1.82, 2.24) is 0 Å². The first-order chi connectivity index (χ1) is 6.22. The van der Waals surface area contributed by atoms with Gasteiger partial charge in [-0.1, -0.05) is 6.92 Å². The maximum absolute atomic E-state index is 10.6. The first-order valence-corrected chi connectivity index (χ1v) is 5.52. The third-order valence-corrected chi connectivity index (χ3v) is 2.71. The Kier molecular flexibility index (Phi) is 4.09. The molecule has 1 aromatic rings. The average molecular weight is 198 g/mol. The van der Waals surface area contributed by atoms with Gasteiger partial charge in [0.05, 0.1) is 11.5 Å². The van der Waals surface area contributed by atoms with Crippen LogP contribution in [0.5, 0.6) is 0 Å². The first-order valence-electron chi connectivity index (χ1n) is 4.37. The molecule has 0 saturated carbocycles. The van der Waals surface area contributed by atoms with Crippen LogP contribution in [0.2, 0.25) is 0 Å². The molecular formula is C10H14O2S. The van der Waals surface area contributed by atoms with E-state index in [0.717, 1.165) is 23.7 Å². The molecule has 0 amide bonds. The number of thioether (sulfide) groups is 1. The van der Waals surface area contributed by atoms with Crippen molar-refractivity contribution in [1.29, 1.82) is 0 Å². The maximum Gasteiger partial charge on any atom is 0.139 e. The van der Waals surface area contributed by atoms with Crippen LogP contribution in [0, 0.1) is 0 Å². The van der Waals surface area contributed by atoms with Gasteiger partial charge in [-0.05, 0) is 19.1 Å². The largest absolute Gasteiger partial charge is 0.465 e. The van der Waals surface area contributed by atoms with Gasteiger partial charge in [-0.25, -0.2) is 0 Å². The Morgan fingerprint density at radius 1 is 1.46 bits per heavy atom. The number of Topliss-reactive ketones (excluding diaryl/α,β-unsaturated/α-hetero) is 1. The van der Waals surface area contributed by atoms with Crippen LogP contribution >= 0.6 is 11.8 Å². The van der Waals surface area contributed by atoms with Gasteiger partial charge >= 0.3 is 0 Å². The number of rotatable bonds is 5. The number of carbonyl (C=O) groups is 1. The molecule has 1 heterocycles. The molecule has 0 spiro atoms. The SMILES string of the molecule is CCc1ccc(CSCC(C)=O)o1. The van der Waals surface area contributed by atoms with Crippen molar-refractivity contribution in [3.8, 4) is 0 Å². The maximum atomic E-state index is 10.6. The second-order valence-electron chi connectivity index (χ2n) is 2.92. The molecule has 0 saturated heterocycles. The van der Waals surface area contributed by atoms with Crippen molar-refractivity contribution in [3.05, 3.63) is 23.7 Å². The van der Waals surface area contributed by atoms with E-state index in [-0.39, 0.29) is 5.78 Å². The summed E-state index contributed by atoms with van der Waals surface area (Å²) in [5.74, 6) is 3.55. The van der Waals surface area contributed by atoms with Crippen LogP contribution in [0.3, 0.4) is 0 Å². The normalized spacial score (nSPS) is 10.3. The molecule has 72 valence electrons. The molecular weight excluding hydrogens is 184 g/mol. The van der Waals surface area contributed by atoms with E-state index in [0.29, 0.717) is 5.75 Å². The monoisotopic (exact) mass is 198 g/mol. The molecule has 1 aromatic heterocycles. The molecule has 0 radical (unpaired) electrons. The first kappa shape index (κ1) is 10.4. The summed E-state index contributed by atoms with van der Waals surface area (Å²) >= 11 is 1.59. The van der Waals surface area contributed by atoms with Gasteiger partial charge in [-0.3, -0.25) is 4.79 Å². The van der Waals surface area contributed by atoms with E-state index in [1.165, 1.54) is 0 Å². The van der Waals surface area contributed by atoms with E-state index in [4.69, 9.17) is 4.42 Å². The van der Waals surface area contributed by atoms with Gasteiger partial charge < -0.3 is 4.42 Å². The van der Waals surface area contributed by atoms with Crippen molar-refractivity contribution in [2.45, 2.75) is 26.0 Å². The smallest absolute Gasteiger partial charge is 0.139 e. The number of furan rings is 1. The lowest BCUT2D eigenvalue weighted by molar-refractivity contribution is -0.114. The molecule has 0 fully saturated rings. The second kappa shape index (κ2) is 5.12. The lowest BCUT2D eigenvalue weighted by Crippen LogP contribution is -1.93. The predicted molar refractivity (Wildman–Crippen MR) is 54.9 cm³/mol. The highest BCUT2D eigenvalue weighted by atomic mass is 32.2. The molecule has 0 aliphatic heterocycles. The molecule has 13 heavy (non-hydrogen) atoms. The molecule has 0 aliphatic rings. The fraction of sp³-hybridized carbons (Fsp3) is 0.500. The average Bonchev–Trinajstić information content (AvgIpc) is 2.52. The summed E-state index contributed by atoms with van der Waals surface area (Å²) in [6.45, 7) is 3.66. The van der Waals surface area contributed by atoms with Gasteiger partial charge in [0.15, 0.2) is 0 Å². The van der Waals surface area contributed by atoms with Crippen LogP contribution in [0.25, 0.3) is 0 Å². The van der Waals surface area contributed by atoms with Gasteiger partial charge in [0, 0.05) is 6.42 Å². The number of hydrogen-bond donors (Lipinski definition) is 0. The van der Waals surface area contributed by atoms with Gasteiger partial charge in [-0.15, -0.1) is 11.8 Å². The van der Waals surface area contributed by atoms with E-state index in [9.17, 15) is 4.79 Å². The molecule has 1 rings (SSSR count). The summed E-state index contributed by atoms with van der Waals surface area (Å²) in [7, 11) is 0. The zero-order valence-electron chi connectivity index (χ0n) is 8.00. The summed E-state index contributed by atoms with van der Waals surface area (Å²) in [6.07, 6.45) is 0.928. The van der Waals surface area contributed by atoms with Crippen LogP contribution in [0.4, 0.5) is 0 Å². The van der Waals surface area contributed by atoms with Gasteiger partial charge in [0.25, 0.3) is 0 Å². The highest BCUT2D eigenvalue weighted by molar-refractivity contribution is 7.99. The summed E-state index contributed by atoms with van der Waals surface area (Å²) < 4.78 is 5.48. The molecule has 0 unspecified atom stereocenters. The van der Waals surface area contributed by atoms with Crippen LogP contribution in [0.1, 0.15) is 25.4 Å². The van der Waals surface area contributed by atoms with E-state index in [2.05, 4.69) is 6.92 Å². The number of carbonyl (C=O) groups excluding carboxylic acids is 1. The van der Waals surface area contributed by atoms with Gasteiger partial charge in [0.2, 0.25) is 0 Å². The van der Waals surface area contributed by atoms with E-state index < -0.39 is 0 Å². The standard InChI is InChI=1S/C10H14O2S/c1-3-9-4-5-10(12-9)7-13-6-8(2)11/h4-5H,3,6-7H2,1-2H3. The molecule has 0 aliphatic carbocycles. The fourth-order valence-electron chi connectivity index (χ4n) is 0.985. The Labute approximate surface area is 82.7 Å². The minimum Gasteiger partial charge on any atom is -0.465 e. The Morgan fingerprint density at radius 3 is 2.69 bits per heavy atom. The third-order valence-electron chi connectivity index (χ3n) is 1.62. The van der Waals surface area contributed by atoms with Crippen molar-refractivity contribution in [2.75, 3.05) is 5.75 Å². The lowest BCUT2D eigenvalue weighted by atomic mass is 10.4. The molecule has 0 N–H and O–H groups in total. The minimum atomic E-state index is 0.215. The topological polar surface area (TPSA) is 30.2 Å². The highest BCUT2D eigenvalue weighted by Crippen LogP contribution is 2.15. The lowest BCUT2D eigenvalue weighted by Gasteiger charge is -1.94. The Morgan fingerprint density at radius 2 is 2.15 bits per heavy atom. The fourth-order valence-corrected chi connectivity index (χ4v) is 1.73. The summed E-state index contributed by atoms with van der Waals surface area (Å²) in [5, 5.41) is 0. The zero-order chi connectivity index (χ0) is 9.68. The Balaban J connectivity index is 2.32. The Hall–Kier alpha value is -0.700. The zero-order valence-corrected chi connectivity index (χ0v) is 8.82. The highest BCUT2D eigenvalue weighted by Gasteiger charge is 2.01. The molecule has 0 atom stereocenters. The van der Waals surface area contributed by atoms with Crippen molar-refractivity contribution < 1.29 is 9.21 Å². The molecule has 0 bridgehead atoms. The van der Waals surface area contributed by atoms with Crippen LogP contribution in [-0.2, 0) is 17.0 Å². The Bertz CT molecular complexity index is 278. The van der Waals surface area contributed by atoms with Crippen LogP contribution < -0.4 is 0 Å². The summed E-state index contributed by atoms with van der Waals surface area (Å²) in [6, 6.07) is 3.97. The molecule has 3 heteroatoms. The van der Waals surface area contributed by atoms with Crippen molar-refractivity contribution >= 4 is 17.5 Å². The van der Waals surface area contributed by atoms with Crippen molar-refractivity contribution in [3.63, 3.8) is 0 Å². The van der Waals surface area contributed by atoms with Crippen LogP contribution in [-0.4, -0.2) is 11.5 Å². The van der Waals surface area contributed by atoms with Crippen molar-refractivity contribution in [2.24, 2.45) is 0 Å². The summed E-state index contributed by atoms with van der Waals surface area (Å²) in [4.78, 5) is 10.6. The van der Waals surface area contributed by atoms with E-state index in [1.54, 1.807) is 18.7 Å². The summed E-state index contributed by atoms with van der Waals surface area (Å²) in [5.41, 5.74) is 0. The molecule has 2 nitrogen and oxygen atoms in total. The molecule has 0 aromatic carbocycles. The number of aryl methyl sites for hydroxylation is 1. The second-order valence-corrected chi connectivity index (χ2v) is 3.90. The number of ketones is 1. The third kappa shape index (κ3) is 3.68. The van der Waals surface area contributed by atoms with Gasteiger partial charge in [0.1, 0.15) is 17.3 Å². The van der Waals surface area contributed by atoms with E-state index >= 15 is 0 Å². The number of hydrogen-bond acceptors (Lipinski definition) is 3. The van der Waals surface area contributed by atoms with E-state index in [1.807, 2.05) is 12.1 Å².